The minimum atomic E-state index is 1.12. The van der Waals surface area contributed by atoms with Gasteiger partial charge in [0.2, 0.25) is 0 Å². The van der Waals surface area contributed by atoms with Gasteiger partial charge < -0.3 is 4.90 Å². The van der Waals surface area contributed by atoms with Crippen LogP contribution in [-0.2, 0) is 0 Å². The van der Waals surface area contributed by atoms with E-state index in [0.717, 1.165) is 5.88 Å². The lowest BCUT2D eigenvalue weighted by molar-refractivity contribution is 0.683. The van der Waals surface area contributed by atoms with Gasteiger partial charge in [0.25, 0.3) is 0 Å². The van der Waals surface area contributed by atoms with E-state index < -0.39 is 0 Å². The van der Waals surface area contributed by atoms with Gasteiger partial charge in [-0.15, -0.1) is 11.8 Å². The Balaban J connectivity index is 2.03. The van der Waals surface area contributed by atoms with Crippen LogP contribution in [0.1, 0.15) is 31.2 Å². The summed E-state index contributed by atoms with van der Waals surface area (Å²) in [5, 5.41) is 0. The fourth-order valence-corrected chi connectivity index (χ4v) is 4.85. The first-order valence-corrected chi connectivity index (χ1v) is 8.21. The molecule has 3 rings (SSSR count). The molecule has 0 N–H and O–H groups in total. The van der Waals surface area contributed by atoms with Gasteiger partial charge in [0.15, 0.2) is 0 Å². The first kappa shape index (κ1) is 11.9. The van der Waals surface area contributed by atoms with Gasteiger partial charge in [-0.05, 0) is 66.8 Å². The highest BCUT2D eigenvalue weighted by atomic mass is 127. The zero-order chi connectivity index (χ0) is 11.8. The molecule has 1 nitrogen and oxygen atoms in total. The zero-order valence-corrected chi connectivity index (χ0v) is 13.0. The molecule has 2 aliphatic rings. The molecule has 3 heteroatoms. The van der Waals surface area contributed by atoms with E-state index in [1.54, 1.807) is 10.6 Å². The van der Waals surface area contributed by atoms with Crippen LogP contribution in [0.5, 0.6) is 0 Å². The number of anilines is 1. The summed E-state index contributed by atoms with van der Waals surface area (Å²) in [6.07, 6.45) is 5.31. The lowest BCUT2D eigenvalue weighted by atomic mass is 10.0. The monoisotopic (exact) mass is 357 g/mol. The van der Waals surface area contributed by atoms with E-state index in [9.17, 15) is 0 Å². The Labute approximate surface area is 121 Å². The molecule has 17 heavy (non-hydrogen) atoms. The summed E-state index contributed by atoms with van der Waals surface area (Å²) >= 11 is 4.51. The maximum Gasteiger partial charge on any atom is 0.0729 e. The number of thioether (sulfide) groups is 1. The van der Waals surface area contributed by atoms with Crippen molar-refractivity contribution < 1.29 is 0 Å². The third-order valence-corrected chi connectivity index (χ3v) is 5.59. The first-order valence-electron chi connectivity index (χ1n) is 6.15. The van der Waals surface area contributed by atoms with E-state index >= 15 is 0 Å². The topological polar surface area (TPSA) is 3.24 Å². The number of para-hydroxylation sites is 1. The molecule has 0 aromatic heterocycles. The molecule has 1 aromatic carbocycles. The van der Waals surface area contributed by atoms with Crippen LogP contribution < -0.4 is 4.90 Å². The number of hydrogen-bond donors (Lipinski definition) is 0. The van der Waals surface area contributed by atoms with Crippen LogP contribution in [0.25, 0.3) is 0 Å². The van der Waals surface area contributed by atoms with Gasteiger partial charge in [-0.3, -0.25) is 0 Å². The van der Waals surface area contributed by atoms with Gasteiger partial charge in [-0.2, -0.15) is 0 Å². The molecule has 0 bridgehead atoms. The van der Waals surface area contributed by atoms with Crippen molar-refractivity contribution in [2.45, 2.75) is 32.6 Å². The number of aryl methyl sites for hydroxylation is 1. The molecule has 0 saturated heterocycles. The summed E-state index contributed by atoms with van der Waals surface area (Å²) in [6.45, 7) is 2.23. The Morgan fingerprint density at radius 2 is 2.06 bits per heavy atom. The largest absolute Gasteiger partial charge is 0.333 e. The second kappa shape index (κ2) is 4.84. The molecule has 90 valence electrons. The van der Waals surface area contributed by atoms with Gasteiger partial charge in [0, 0.05) is 14.2 Å². The number of rotatable bonds is 1. The van der Waals surface area contributed by atoms with Crippen LogP contribution >= 0.6 is 34.4 Å². The minimum absolute atomic E-state index is 1.12. The third kappa shape index (κ3) is 2.12. The molecule has 0 radical (unpaired) electrons. The summed E-state index contributed by atoms with van der Waals surface area (Å²) in [5.41, 5.74) is 4.44. The molecule has 0 amide bonds. The van der Waals surface area contributed by atoms with Gasteiger partial charge in [0.05, 0.1) is 11.6 Å². The number of allylic oxidation sites excluding steroid dienone is 2. The van der Waals surface area contributed by atoms with E-state index in [0.29, 0.717) is 0 Å². The Kier molecular flexibility index (Phi) is 3.39. The molecule has 0 fully saturated rings. The molecule has 0 saturated carbocycles. The quantitative estimate of drug-likeness (QED) is 0.658. The van der Waals surface area contributed by atoms with E-state index in [1.807, 2.05) is 11.8 Å². The van der Waals surface area contributed by atoms with Gasteiger partial charge >= 0.3 is 0 Å². The van der Waals surface area contributed by atoms with E-state index in [-0.39, 0.29) is 0 Å². The summed E-state index contributed by atoms with van der Waals surface area (Å²) in [5.74, 6) is 1.12. The number of nitrogens with zero attached hydrogens (tertiary/aromatic N) is 1. The second-order valence-electron chi connectivity index (χ2n) is 4.68. The normalized spacial score (nSPS) is 19.8. The predicted molar refractivity (Wildman–Crippen MR) is 84.3 cm³/mol. The fourth-order valence-electron chi connectivity index (χ4n) is 2.69. The van der Waals surface area contributed by atoms with E-state index in [1.165, 1.54) is 40.5 Å². The van der Waals surface area contributed by atoms with Crippen molar-refractivity contribution in [3.05, 3.63) is 37.9 Å². The van der Waals surface area contributed by atoms with Crippen LogP contribution in [0.2, 0.25) is 0 Å². The number of halogens is 1. The molecular weight excluding hydrogens is 341 g/mol. The van der Waals surface area contributed by atoms with Crippen molar-refractivity contribution in [1.29, 1.82) is 0 Å². The highest BCUT2D eigenvalue weighted by Gasteiger charge is 2.27. The summed E-state index contributed by atoms with van der Waals surface area (Å²) in [4.78, 5) is 4.20. The van der Waals surface area contributed by atoms with Crippen molar-refractivity contribution in [3.8, 4) is 0 Å². The van der Waals surface area contributed by atoms with Crippen molar-refractivity contribution in [2.24, 2.45) is 0 Å². The Morgan fingerprint density at radius 3 is 2.88 bits per heavy atom. The SMILES string of the molecule is Cc1cccc(I)c1N1CSC2=C1CCCC2. The Morgan fingerprint density at radius 1 is 1.24 bits per heavy atom. The van der Waals surface area contributed by atoms with Crippen LogP contribution in [0.4, 0.5) is 5.69 Å². The molecule has 1 aliphatic heterocycles. The van der Waals surface area contributed by atoms with Crippen LogP contribution in [0.15, 0.2) is 28.8 Å². The number of hydrogen-bond acceptors (Lipinski definition) is 2. The summed E-state index contributed by atoms with van der Waals surface area (Å²) in [6, 6.07) is 6.60. The van der Waals surface area contributed by atoms with Crippen molar-refractivity contribution in [3.63, 3.8) is 0 Å². The van der Waals surface area contributed by atoms with Crippen molar-refractivity contribution in [2.75, 3.05) is 10.8 Å². The second-order valence-corrected chi connectivity index (χ2v) is 6.89. The number of benzene rings is 1. The maximum absolute atomic E-state index is 2.55. The van der Waals surface area contributed by atoms with E-state index in [2.05, 4.69) is 52.6 Å². The molecule has 1 aromatic rings. The summed E-state index contributed by atoms with van der Waals surface area (Å²) in [7, 11) is 0. The van der Waals surface area contributed by atoms with Gasteiger partial charge in [-0.25, -0.2) is 0 Å². The first-order chi connectivity index (χ1) is 8.27. The molecule has 0 spiro atoms. The Hall–Kier alpha value is -0.160. The molecule has 1 heterocycles. The van der Waals surface area contributed by atoms with Crippen LogP contribution in [0.3, 0.4) is 0 Å². The molecule has 0 unspecified atom stereocenters. The molecule has 0 atom stereocenters. The highest BCUT2D eigenvalue weighted by Crippen LogP contribution is 2.45. The third-order valence-electron chi connectivity index (χ3n) is 3.54. The predicted octanol–water partition coefficient (Wildman–Crippen LogP) is 4.90. The summed E-state index contributed by atoms with van der Waals surface area (Å²) < 4.78 is 1.38. The standard InChI is InChI=1S/C14H16INS/c1-10-5-4-6-11(15)14(10)16-9-17-13-8-3-2-7-12(13)16/h4-6H,2-3,7-9H2,1H3. The maximum atomic E-state index is 2.55. The molecule has 1 aliphatic carbocycles. The minimum Gasteiger partial charge on any atom is -0.333 e. The molecular formula is C14H16INS. The smallest absolute Gasteiger partial charge is 0.0729 e. The highest BCUT2D eigenvalue weighted by molar-refractivity contribution is 14.1. The lowest BCUT2D eigenvalue weighted by Gasteiger charge is -2.26. The van der Waals surface area contributed by atoms with Crippen LogP contribution in [-0.4, -0.2) is 5.88 Å². The van der Waals surface area contributed by atoms with Crippen molar-refractivity contribution in [1.82, 2.24) is 0 Å². The lowest BCUT2D eigenvalue weighted by Crippen LogP contribution is -2.21. The fraction of sp³-hybridized carbons (Fsp3) is 0.429. The van der Waals surface area contributed by atoms with Crippen LogP contribution in [0, 0.1) is 10.5 Å². The Bertz CT molecular complexity index is 461. The van der Waals surface area contributed by atoms with E-state index in [4.69, 9.17) is 0 Å². The van der Waals surface area contributed by atoms with Crippen molar-refractivity contribution >= 4 is 40.0 Å². The van der Waals surface area contributed by atoms with Gasteiger partial charge in [-0.1, -0.05) is 12.1 Å². The van der Waals surface area contributed by atoms with Gasteiger partial charge in [0.1, 0.15) is 0 Å². The average Bonchev–Trinajstić information content (AvgIpc) is 2.73. The zero-order valence-electron chi connectivity index (χ0n) is 10.0. The average molecular weight is 357 g/mol.